The van der Waals surface area contributed by atoms with Gasteiger partial charge in [-0.3, -0.25) is 0 Å². The first kappa shape index (κ1) is 16.1. The SMILES string of the molecule is NS(=O)(=O)c1ccc2c(c1)[C@H]1CCC[C@H]1[C@@H](c1ccc(Br)cc1)N2. The smallest absolute Gasteiger partial charge is 0.238 e. The molecule has 2 aromatic carbocycles. The van der Waals surface area contributed by atoms with E-state index in [4.69, 9.17) is 5.14 Å². The second kappa shape index (κ2) is 5.86. The first-order chi connectivity index (χ1) is 11.4. The van der Waals surface area contributed by atoms with Gasteiger partial charge in [0.05, 0.1) is 10.9 Å². The van der Waals surface area contributed by atoms with E-state index < -0.39 is 10.0 Å². The van der Waals surface area contributed by atoms with Crippen LogP contribution in [0.2, 0.25) is 0 Å². The van der Waals surface area contributed by atoms with Crippen LogP contribution in [0.15, 0.2) is 51.8 Å². The lowest BCUT2D eigenvalue weighted by Crippen LogP contribution is -2.29. The molecule has 1 aliphatic heterocycles. The number of nitrogens with one attached hydrogen (secondary N) is 1. The lowest BCUT2D eigenvalue weighted by Gasteiger charge is -2.38. The largest absolute Gasteiger partial charge is 0.378 e. The predicted molar refractivity (Wildman–Crippen MR) is 98.4 cm³/mol. The summed E-state index contributed by atoms with van der Waals surface area (Å²) in [6, 6.07) is 13.9. The third kappa shape index (κ3) is 2.76. The minimum absolute atomic E-state index is 0.204. The molecule has 3 N–H and O–H groups in total. The number of primary sulfonamides is 1. The third-order valence-electron chi connectivity index (χ3n) is 5.29. The van der Waals surface area contributed by atoms with Gasteiger partial charge in [0, 0.05) is 10.2 Å². The van der Waals surface area contributed by atoms with Gasteiger partial charge in [-0.1, -0.05) is 34.5 Å². The molecular weight excluding hydrogens is 388 g/mol. The Morgan fingerprint density at radius 2 is 1.83 bits per heavy atom. The Labute approximate surface area is 150 Å². The van der Waals surface area contributed by atoms with Crippen molar-refractivity contribution in [2.24, 2.45) is 11.1 Å². The molecule has 0 unspecified atom stereocenters. The molecule has 24 heavy (non-hydrogen) atoms. The molecule has 3 atom stereocenters. The van der Waals surface area contributed by atoms with Crippen molar-refractivity contribution in [3.8, 4) is 0 Å². The van der Waals surface area contributed by atoms with Crippen LogP contribution in [0, 0.1) is 5.92 Å². The average molecular weight is 407 g/mol. The number of rotatable bonds is 2. The van der Waals surface area contributed by atoms with E-state index in [1.807, 2.05) is 6.07 Å². The van der Waals surface area contributed by atoms with Crippen molar-refractivity contribution in [3.05, 3.63) is 58.1 Å². The van der Waals surface area contributed by atoms with Gasteiger partial charge in [0.15, 0.2) is 0 Å². The molecule has 2 aromatic rings. The number of fused-ring (bicyclic) bond motifs is 3. The van der Waals surface area contributed by atoms with Gasteiger partial charge in [-0.15, -0.1) is 0 Å². The van der Waals surface area contributed by atoms with E-state index in [0.29, 0.717) is 11.8 Å². The summed E-state index contributed by atoms with van der Waals surface area (Å²) in [6.45, 7) is 0. The van der Waals surface area contributed by atoms with E-state index in [0.717, 1.165) is 28.6 Å². The Kier molecular flexibility index (Phi) is 3.94. The maximum atomic E-state index is 11.7. The predicted octanol–water partition coefficient (Wildman–Crippen LogP) is 4.15. The molecule has 1 fully saturated rings. The standard InChI is InChI=1S/C18H19BrN2O2S/c19-12-6-4-11(5-7-12)18-15-3-1-2-14(15)16-10-13(24(20,22)23)8-9-17(16)21-18/h4-10,14-15,18,21H,1-3H2,(H2,20,22,23)/t14-,15+,18+/m0/s1. The van der Waals surface area contributed by atoms with E-state index in [-0.39, 0.29) is 10.9 Å². The summed E-state index contributed by atoms with van der Waals surface area (Å²) in [5, 5.41) is 8.94. The first-order valence-corrected chi connectivity index (χ1v) is 10.5. The van der Waals surface area contributed by atoms with Gasteiger partial charge in [-0.2, -0.15) is 0 Å². The number of halogens is 1. The van der Waals surface area contributed by atoms with Gasteiger partial charge in [0.1, 0.15) is 0 Å². The monoisotopic (exact) mass is 406 g/mol. The summed E-state index contributed by atoms with van der Waals surface area (Å²) in [5.41, 5.74) is 3.40. The van der Waals surface area contributed by atoms with Gasteiger partial charge >= 0.3 is 0 Å². The number of hydrogen-bond donors (Lipinski definition) is 2. The molecule has 1 saturated carbocycles. The Bertz CT molecular complexity index is 880. The fourth-order valence-corrected chi connectivity index (χ4v) is 5.02. The van der Waals surface area contributed by atoms with Crippen LogP contribution in [0.5, 0.6) is 0 Å². The molecule has 0 spiro atoms. The van der Waals surface area contributed by atoms with Gasteiger partial charge < -0.3 is 5.32 Å². The number of hydrogen-bond acceptors (Lipinski definition) is 3. The average Bonchev–Trinajstić information content (AvgIpc) is 3.03. The van der Waals surface area contributed by atoms with Crippen LogP contribution < -0.4 is 10.5 Å². The Morgan fingerprint density at radius 3 is 2.54 bits per heavy atom. The highest BCUT2D eigenvalue weighted by Gasteiger charge is 2.40. The van der Waals surface area contributed by atoms with E-state index in [9.17, 15) is 8.42 Å². The molecule has 2 aliphatic rings. The van der Waals surface area contributed by atoms with Crippen molar-refractivity contribution in [2.75, 3.05) is 5.32 Å². The fraction of sp³-hybridized carbons (Fsp3) is 0.333. The molecule has 126 valence electrons. The molecule has 4 nitrogen and oxygen atoms in total. The third-order valence-corrected chi connectivity index (χ3v) is 6.73. The lowest BCUT2D eigenvalue weighted by molar-refractivity contribution is 0.405. The van der Waals surface area contributed by atoms with Crippen LogP contribution in [0.1, 0.15) is 42.3 Å². The van der Waals surface area contributed by atoms with Crippen molar-refractivity contribution in [1.82, 2.24) is 0 Å². The van der Waals surface area contributed by atoms with Gasteiger partial charge in [-0.05, 0) is 66.1 Å². The summed E-state index contributed by atoms with van der Waals surface area (Å²) in [5.74, 6) is 0.867. The number of nitrogens with two attached hydrogens (primary N) is 1. The molecule has 1 aliphatic carbocycles. The maximum Gasteiger partial charge on any atom is 0.238 e. The van der Waals surface area contributed by atoms with Gasteiger partial charge in [0.25, 0.3) is 0 Å². The number of anilines is 1. The van der Waals surface area contributed by atoms with Crippen LogP contribution in [-0.2, 0) is 10.0 Å². The quantitative estimate of drug-likeness (QED) is 0.786. The zero-order valence-corrected chi connectivity index (χ0v) is 15.5. The van der Waals surface area contributed by atoms with Crippen LogP contribution in [0.4, 0.5) is 5.69 Å². The van der Waals surface area contributed by atoms with E-state index in [2.05, 4.69) is 45.5 Å². The van der Waals surface area contributed by atoms with E-state index >= 15 is 0 Å². The summed E-state index contributed by atoms with van der Waals surface area (Å²) < 4.78 is 24.4. The Balaban J connectivity index is 1.78. The summed E-state index contributed by atoms with van der Waals surface area (Å²) >= 11 is 3.49. The molecule has 0 amide bonds. The molecule has 1 heterocycles. The zero-order valence-electron chi connectivity index (χ0n) is 13.1. The topological polar surface area (TPSA) is 72.2 Å². The second-order valence-corrected chi connectivity index (χ2v) is 9.15. The van der Waals surface area contributed by atoms with Crippen LogP contribution in [-0.4, -0.2) is 8.42 Å². The van der Waals surface area contributed by atoms with Crippen molar-refractivity contribution < 1.29 is 8.42 Å². The van der Waals surface area contributed by atoms with Crippen molar-refractivity contribution in [3.63, 3.8) is 0 Å². The molecule has 0 radical (unpaired) electrons. The Morgan fingerprint density at radius 1 is 1.08 bits per heavy atom. The van der Waals surface area contributed by atoms with Crippen LogP contribution >= 0.6 is 15.9 Å². The maximum absolute atomic E-state index is 11.7. The fourth-order valence-electron chi connectivity index (χ4n) is 4.21. The molecule has 0 saturated heterocycles. The minimum atomic E-state index is -3.67. The highest BCUT2D eigenvalue weighted by molar-refractivity contribution is 9.10. The lowest BCUT2D eigenvalue weighted by atomic mass is 9.77. The van der Waals surface area contributed by atoms with Crippen LogP contribution in [0.3, 0.4) is 0 Å². The number of benzene rings is 2. The highest BCUT2D eigenvalue weighted by atomic mass is 79.9. The van der Waals surface area contributed by atoms with Crippen LogP contribution in [0.25, 0.3) is 0 Å². The highest BCUT2D eigenvalue weighted by Crippen LogP contribution is 2.53. The van der Waals surface area contributed by atoms with Crippen molar-refractivity contribution >= 4 is 31.6 Å². The molecular formula is C18H19BrN2O2S. The zero-order chi connectivity index (χ0) is 16.9. The second-order valence-electron chi connectivity index (χ2n) is 6.67. The number of sulfonamides is 1. The first-order valence-electron chi connectivity index (χ1n) is 8.12. The molecule has 0 bridgehead atoms. The van der Waals surface area contributed by atoms with E-state index in [1.54, 1.807) is 12.1 Å². The molecule has 6 heteroatoms. The van der Waals surface area contributed by atoms with Crippen molar-refractivity contribution in [2.45, 2.75) is 36.1 Å². The van der Waals surface area contributed by atoms with Gasteiger partial charge in [0.2, 0.25) is 10.0 Å². The van der Waals surface area contributed by atoms with E-state index in [1.165, 1.54) is 12.0 Å². The minimum Gasteiger partial charge on any atom is -0.378 e. The summed E-state index contributed by atoms with van der Waals surface area (Å²) in [6.07, 6.45) is 3.42. The summed E-state index contributed by atoms with van der Waals surface area (Å²) in [4.78, 5) is 0.204. The molecule has 4 rings (SSSR count). The van der Waals surface area contributed by atoms with Gasteiger partial charge in [-0.25, -0.2) is 13.6 Å². The summed E-state index contributed by atoms with van der Waals surface area (Å²) in [7, 11) is -3.67. The Hall–Kier alpha value is -1.37. The normalized spacial score (nSPS) is 25.7. The van der Waals surface area contributed by atoms with Crippen molar-refractivity contribution in [1.29, 1.82) is 0 Å². The molecule has 0 aromatic heterocycles.